The second-order valence-electron chi connectivity index (χ2n) is 0.513. The number of hydrogen-bond donors (Lipinski definition) is 3. The summed E-state index contributed by atoms with van der Waals surface area (Å²) in [5.74, 6) is 0. The van der Waals surface area contributed by atoms with Crippen molar-refractivity contribution in [2.45, 2.75) is 0 Å². The molecular weight excluding hydrogens is 173 g/mol. The molecular formula is H3Na2O2PS2. The molecule has 2 radical (unpaired) electrons. The van der Waals surface area contributed by atoms with Crippen molar-refractivity contribution in [3.63, 3.8) is 0 Å². The Balaban J connectivity index is -0.0000000800. The SMILES string of the molecule is OP(O)(=S)S.[Na].[Na]. The molecule has 0 aliphatic rings. The van der Waals surface area contributed by atoms with Gasteiger partial charge in [0, 0.05) is 59.1 Å². The first-order chi connectivity index (χ1) is 2.00. The van der Waals surface area contributed by atoms with Crippen molar-refractivity contribution in [2.24, 2.45) is 0 Å². The van der Waals surface area contributed by atoms with E-state index >= 15 is 0 Å². The van der Waals surface area contributed by atoms with Crippen molar-refractivity contribution in [1.82, 2.24) is 0 Å². The molecule has 0 atom stereocenters. The molecule has 0 saturated carbocycles. The van der Waals surface area contributed by atoms with Crippen LogP contribution in [0.5, 0.6) is 0 Å². The summed E-state index contributed by atoms with van der Waals surface area (Å²) in [5.41, 5.74) is -3.11. The van der Waals surface area contributed by atoms with Gasteiger partial charge < -0.3 is 9.79 Å². The van der Waals surface area contributed by atoms with Crippen molar-refractivity contribution < 1.29 is 9.79 Å². The number of thiol groups is 1. The summed E-state index contributed by atoms with van der Waals surface area (Å²) in [6.45, 7) is 0. The van der Waals surface area contributed by atoms with Gasteiger partial charge in [0.15, 0.2) is 0 Å². The summed E-state index contributed by atoms with van der Waals surface area (Å²) < 4.78 is 0. The van der Waals surface area contributed by atoms with E-state index in [4.69, 9.17) is 9.79 Å². The average molecular weight is 176 g/mol. The molecule has 0 aromatic heterocycles. The molecule has 0 unspecified atom stereocenters. The van der Waals surface area contributed by atoms with Crippen LogP contribution in [0.1, 0.15) is 0 Å². The van der Waals surface area contributed by atoms with Gasteiger partial charge in [0.05, 0.1) is 0 Å². The van der Waals surface area contributed by atoms with Crippen LogP contribution in [0, 0.1) is 0 Å². The van der Waals surface area contributed by atoms with Crippen LogP contribution in [0.4, 0.5) is 0 Å². The molecule has 0 amide bonds. The van der Waals surface area contributed by atoms with E-state index in [-0.39, 0.29) is 59.1 Å². The molecule has 2 N–H and O–H groups in total. The monoisotopic (exact) mass is 176 g/mol. The summed E-state index contributed by atoms with van der Waals surface area (Å²) in [7, 11) is 0. The Morgan fingerprint density at radius 1 is 1.29 bits per heavy atom. The number of hydrogen-bond acceptors (Lipinski definition) is 1. The normalized spacial score (nSPS) is 8.43. The zero-order valence-electron chi connectivity index (χ0n) is 4.20. The van der Waals surface area contributed by atoms with Crippen LogP contribution >= 0.6 is 17.9 Å². The molecule has 2 nitrogen and oxygen atoms in total. The fourth-order valence-electron chi connectivity index (χ4n) is 0. The molecule has 7 heavy (non-hydrogen) atoms. The van der Waals surface area contributed by atoms with E-state index in [0.29, 0.717) is 0 Å². The van der Waals surface area contributed by atoms with Gasteiger partial charge in [-0.2, -0.15) is 0 Å². The Morgan fingerprint density at radius 2 is 1.29 bits per heavy atom. The van der Waals surface area contributed by atoms with Crippen LogP contribution in [0.2, 0.25) is 0 Å². The standard InChI is InChI=1S/2Na.H3O2PS2/c;;1-3(2,4)5/h;;(H3,1,2,4,5). The van der Waals surface area contributed by atoms with Crippen molar-refractivity contribution in [3.8, 4) is 0 Å². The fraction of sp³-hybridized carbons (Fsp3) is 0. The third-order valence-electron chi connectivity index (χ3n) is 0. The molecule has 34 valence electrons. The minimum absolute atomic E-state index is 0. The quantitative estimate of drug-likeness (QED) is 0.261. The molecule has 7 heteroatoms. The Morgan fingerprint density at radius 3 is 1.29 bits per heavy atom. The van der Waals surface area contributed by atoms with Crippen LogP contribution in [0.25, 0.3) is 0 Å². The third-order valence-corrected chi connectivity index (χ3v) is 0. The van der Waals surface area contributed by atoms with Gasteiger partial charge in [-0.25, -0.2) is 0 Å². The zero-order valence-corrected chi connectivity index (χ0v) is 10.8. The van der Waals surface area contributed by atoms with Gasteiger partial charge in [0.25, 0.3) is 0 Å². The summed E-state index contributed by atoms with van der Waals surface area (Å²) >= 11 is 7.07. The molecule has 0 rings (SSSR count). The van der Waals surface area contributed by atoms with Gasteiger partial charge in [-0.05, 0) is 11.8 Å². The summed E-state index contributed by atoms with van der Waals surface area (Å²) in [6, 6.07) is 0. The first-order valence-corrected chi connectivity index (χ1v) is 4.64. The Bertz CT molecular complexity index is 59.8. The van der Waals surface area contributed by atoms with E-state index < -0.39 is 5.69 Å². The fourth-order valence-corrected chi connectivity index (χ4v) is 0. The third kappa shape index (κ3) is 50.1. The van der Waals surface area contributed by atoms with Crippen molar-refractivity contribution in [3.05, 3.63) is 0 Å². The van der Waals surface area contributed by atoms with E-state index in [9.17, 15) is 0 Å². The smallest absolute Gasteiger partial charge is 0.239 e. The van der Waals surface area contributed by atoms with E-state index in [1.807, 2.05) is 0 Å². The topological polar surface area (TPSA) is 40.5 Å². The minimum Gasteiger partial charge on any atom is -0.338 e. The Labute approximate surface area is 97.0 Å². The average Bonchev–Trinajstić information content (AvgIpc) is 0.722. The molecule has 0 spiro atoms. The van der Waals surface area contributed by atoms with E-state index in [1.165, 1.54) is 0 Å². The van der Waals surface area contributed by atoms with Gasteiger partial charge in [-0.15, -0.1) is 0 Å². The van der Waals surface area contributed by atoms with Crippen molar-refractivity contribution >= 4 is 88.9 Å². The van der Waals surface area contributed by atoms with Crippen LogP contribution in [0.3, 0.4) is 0 Å². The largest absolute Gasteiger partial charge is 0.338 e. The second-order valence-corrected chi connectivity index (χ2v) is 5.55. The second kappa shape index (κ2) is 7.03. The van der Waals surface area contributed by atoms with Crippen LogP contribution in [-0.4, -0.2) is 68.9 Å². The van der Waals surface area contributed by atoms with Crippen molar-refractivity contribution in [2.75, 3.05) is 0 Å². The summed E-state index contributed by atoms with van der Waals surface area (Å²) in [6.07, 6.45) is 0. The summed E-state index contributed by atoms with van der Waals surface area (Å²) in [5, 5.41) is 0. The first kappa shape index (κ1) is 16.5. The maximum absolute atomic E-state index is 7.87. The van der Waals surface area contributed by atoms with Gasteiger partial charge in [0.2, 0.25) is 5.69 Å². The molecule has 0 heterocycles. The molecule has 0 saturated heterocycles. The van der Waals surface area contributed by atoms with Gasteiger partial charge >= 0.3 is 0 Å². The molecule has 0 bridgehead atoms. The predicted octanol–water partition coefficient (Wildman–Crippen LogP) is -0.636. The van der Waals surface area contributed by atoms with Gasteiger partial charge in [0.1, 0.15) is 0 Å². The first-order valence-electron chi connectivity index (χ1n) is 0.783. The number of rotatable bonds is 0. The molecule has 0 aromatic rings. The molecule has 0 fully saturated rings. The molecule has 0 aliphatic heterocycles. The Kier molecular flexibility index (Phi) is 16.6. The van der Waals surface area contributed by atoms with Crippen LogP contribution < -0.4 is 0 Å². The van der Waals surface area contributed by atoms with Crippen molar-refractivity contribution in [1.29, 1.82) is 0 Å². The maximum atomic E-state index is 7.87. The van der Waals surface area contributed by atoms with E-state index in [0.717, 1.165) is 0 Å². The van der Waals surface area contributed by atoms with E-state index in [2.05, 4.69) is 24.1 Å². The maximum Gasteiger partial charge on any atom is 0.239 e. The molecule has 0 aliphatic carbocycles. The van der Waals surface area contributed by atoms with Gasteiger partial charge in [-0.3, -0.25) is 0 Å². The minimum atomic E-state index is -3.11. The molecule has 0 aromatic carbocycles. The summed E-state index contributed by atoms with van der Waals surface area (Å²) in [4.78, 5) is 15.7. The van der Waals surface area contributed by atoms with E-state index in [1.54, 1.807) is 0 Å². The zero-order chi connectivity index (χ0) is 4.50. The van der Waals surface area contributed by atoms with Crippen LogP contribution in [-0.2, 0) is 11.8 Å². The Hall–Kier alpha value is 2.92. The van der Waals surface area contributed by atoms with Crippen LogP contribution in [0.15, 0.2) is 0 Å². The predicted molar refractivity (Wildman–Crippen MR) is 39.2 cm³/mol. The van der Waals surface area contributed by atoms with Gasteiger partial charge in [-0.1, -0.05) is 12.2 Å².